The number of nitrogens with two attached hydrogens (primary N) is 1. The number of nitrogens with one attached hydrogen (secondary N) is 1. The molecule has 1 aromatic carbocycles. The number of hydrogen-bond donors (Lipinski definition) is 2. The van der Waals surface area contributed by atoms with Crippen molar-refractivity contribution in [2.45, 2.75) is 59.4 Å². The molecule has 0 aliphatic carbocycles. The molecule has 12 heteroatoms. The third kappa shape index (κ3) is 8.83. The Morgan fingerprint density at radius 3 is 2.30 bits per heavy atom. The third-order valence-corrected chi connectivity index (χ3v) is 7.30. The number of benzene rings is 1. The number of likely N-dealkylation sites (tertiary alicyclic amines) is 1. The van der Waals surface area contributed by atoms with Gasteiger partial charge in [-0.15, -0.1) is 0 Å². The minimum Gasteiger partial charge on any atom is -0.383 e. The van der Waals surface area contributed by atoms with Gasteiger partial charge in [0.2, 0.25) is 5.91 Å². The lowest BCUT2D eigenvalue weighted by atomic mass is 10.0. The molecule has 230 valence electrons. The molecule has 4 atom stereocenters. The summed E-state index contributed by atoms with van der Waals surface area (Å²) >= 11 is 0. The Morgan fingerprint density at radius 1 is 1.10 bits per heavy atom. The number of ketones is 1. The summed E-state index contributed by atoms with van der Waals surface area (Å²) in [4.78, 5) is 45.1. The summed E-state index contributed by atoms with van der Waals surface area (Å²) < 4.78 is 10.7. The SMILES string of the molecule is C.C.COCCN1CCN(c2ccc(C(=O)N[C@@H](CC(C)C)C(=O)N3C[C@H](N)[C@H]4OCC(=O)[C@H]43)cc2)CC1.S.S. The lowest BCUT2D eigenvalue weighted by molar-refractivity contribution is -0.138. The average molecular weight is 602 g/mol. The van der Waals surface area contributed by atoms with E-state index in [4.69, 9.17) is 15.2 Å². The number of ether oxygens (including phenoxy) is 2. The van der Waals surface area contributed by atoms with Crippen molar-refractivity contribution in [3.63, 3.8) is 0 Å². The van der Waals surface area contributed by atoms with E-state index in [1.807, 2.05) is 26.0 Å². The Hall–Kier alpha value is -1.83. The number of Topliss-reactive ketones (excluding diaryl/α,β-unsaturated/α-hetero) is 1. The topological polar surface area (TPSA) is 117 Å². The number of methoxy groups -OCH3 is 1. The first-order chi connectivity index (χ1) is 17.3. The molecule has 0 radical (unpaired) electrons. The van der Waals surface area contributed by atoms with E-state index >= 15 is 0 Å². The molecule has 3 fully saturated rings. The quantitative estimate of drug-likeness (QED) is 0.439. The van der Waals surface area contributed by atoms with E-state index in [1.165, 1.54) is 4.90 Å². The molecule has 3 heterocycles. The van der Waals surface area contributed by atoms with E-state index in [-0.39, 0.29) is 78.5 Å². The Balaban J connectivity index is 0.00000380. The molecule has 3 saturated heterocycles. The standard InChI is InChI=1S/C26H39N5O5.2CH4.2H2S/c1-17(2)14-21(26(34)31-15-20(27)24-23(31)22(32)16-36-24)28-25(33)18-4-6-19(7-5-18)30-10-8-29(9-11-30)12-13-35-3;;;;/h4-7,17,20-21,23-24H,8-16,27H2,1-3H3,(H,28,33);2*1H4;2*1H2/t20-,21-,23+,24+;;;;/m0..../s1. The molecule has 0 aromatic heterocycles. The largest absolute Gasteiger partial charge is 0.383 e. The van der Waals surface area contributed by atoms with Crippen LogP contribution in [0.1, 0.15) is 45.5 Å². The van der Waals surface area contributed by atoms with Crippen molar-refractivity contribution >= 4 is 50.3 Å². The number of carbonyl (C=O) groups is 3. The molecule has 0 spiro atoms. The zero-order chi connectivity index (χ0) is 25.8. The third-order valence-electron chi connectivity index (χ3n) is 7.30. The summed E-state index contributed by atoms with van der Waals surface area (Å²) in [7, 11) is 1.72. The molecule has 40 heavy (non-hydrogen) atoms. The zero-order valence-electron chi connectivity index (χ0n) is 22.5. The highest BCUT2D eigenvalue weighted by Gasteiger charge is 2.52. The molecular weight excluding hydrogens is 550 g/mol. The van der Waals surface area contributed by atoms with Gasteiger partial charge in [0.25, 0.3) is 5.91 Å². The Labute approximate surface area is 254 Å². The number of hydrogen-bond acceptors (Lipinski definition) is 8. The summed E-state index contributed by atoms with van der Waals surface area (Å²) in [5.41, 5.74) is 7.71. The van der Waals surface area contributed by atoms with Gasteiger partial charge < -0.3 is 30.3 Å². The predicted molar refractivity (Wildman–Crippen MR) is 170 cm³/mol. The summed E-state index contributed by atoms with van der Waals surface area (Å²) in [6.45, 7) is 9.68. The highest BCUT2D eigenvalue weighted by Crippen LogP contribution is 2.28. The van der Waals surface area contributed by atoms with E-state index in [9.17, 15) is 14.4 Å². The van der Waals surface area contributed by atoms with Gasteiger partial charge in [-0.2, -0.15) is 27.0 Å². The van der Waals surface area contributed by atoms with Crippen LogP contribution in [0.25, 0.3) is 0 Å². The van der Waals surface area contributed by atoms with Crippen molar-refractivity contribution in [2.24, 2.45) is 11.7 Å². The number of rotatable bonds is 9. The van der Waals surface area contributed by atoms with Crippen LogP contribution in [-0.2, 0) is 19.1 Å². The second-order valence-corrected chi connectivity index (χ2v) is 10.4. The monoisotopic (exact) mass is 601 g/mol. The van der Waals surface area contributed by atoms with Gasteiger partial charge in [-0.05, 0) is 36.6 Å². The maximum absolute atomic E-state index is 13.5. The molecule has 3 aliphatic rings. The van der Waals surface area contributed by atoms with E-state index in [0.717, 1.165) is 45.0 Å². The second kappa shape index (κ2) is 17.2. The number of piperazine rings is 1. The fourth-order valence-corrected chi connectivity index (χ4v) is 5.33. The van der Waals surface area contributed by atoms with Gasteiger partial charge >= 0.3 is 0 Å². The summed E-state index contributed by atoms with van der Waals surface area (Å²) in [6.07, 6.45) is 0.00000278. The van der Waals surface area contributed by atoms with Crippen LogP contribution in [0.2, 0.25) is 0 Å². The van der Waals surface area contributed by atoms with Gasteiger partial charge in [0.15, 0.2) is 5.78 Å². The smallest absolute Gasteiger partial charge is 0.251 e. The molecule has 1 aromatic rings. The highest BCUT2D eigenvalue weighted by molar-refractivity contribution is 7.59. The highest BCUT2D eigenvalue weighted by atomic mass is 32.1. The minimum atomic E-state index is -0.739. The lowest BCUT2D eigenvalue weighted by Gasteiger charge is -2.36. The first kappa shape index (κ1) is 38.2. The van der Waals surface area contributed by atoms with Crippen LogP contribution in [-0.4, -0.2) is 111 Å². The van der Waals surface area contributed by atoms with Gasteiger partial charge in [0.1, 0.15) is 24.8 Å². The molecule has 0 bridgehead atoms. The maximum atomic E-state index is 13.5. The van der Waals surface area contributed by atoms with E-state index in [2.05, 4.69) is 15.1 Å². The number of anilines is 1. The second-order valence-electron chi connectivity index (χ2n) is 10.4. The fraction of sp³-hybridized carbons (Fsp3) is 0.679. The van der Waals surface area contributed by atoms with Crippen LogP contribution in [0.15, 0.2) is 24.3 Å². The first-order valence-corrected chi connectivity index (χ1v) is 12.9. The van der Waals surface area contributed by atoms with Crippen LogP contribution in [0.3, 0.4) is 0 Å². The lowest BCUT2D eigenvalue weighted by Crippen LogP contribution is -2.52. The van der Waals surface area contributed by atoms with Crippen molar-refractivity contribution < 1.29 is 23.9 Å². The average Bonchev–Trinajstić information content (AvgIpc) is 3.42. The fourth-order valence-electron chi connectivity index (χ4n) is 5.33. The van der Waals surface area contributed by atoms with Gasteiger partial charge in [0.05, 0.1) is 12.6 Å². The number of amides is 2. The molecule has 10 nitrogen and oxygen atoms in total. The normalized spacial score (nSPS) is 22.8. The molecule has 3 aliphatic heterocycles. The molecule has 3 N–H and O–H groups in total. The number of nitrogens with zero attached hydrogens (tertiary/aromatic N) is 3. The Bertz CT molecular complexity index is 944. The Morgan fingerprint density at radius 2 is 1.73 bits per heavy atom. The van der Waals surface area contributed by atoms with E-state index in [1.54, 1.807) is 19.2 Å². The van der Waals surface area contributed by atoms with Crippen LogP contribution in [0, 0.1) is 5.92 Å². The minimum absolute atomic E-state index is 0. The van der Waals surface area contributed by atoms with Gasteiger partial charge in [0, 0.05) is 57.6 Å². The van der Waals surface area contributed by atoms with Crippen molar-refractivity contribution in [3.8, 4) is 0 Å². The van der Waals surface area contributed by atoms with Crippen LogP contribution in [0.5, 0.6) is 0 Å². The Kier molecular flexibility index (Phi) is 16.4. The van der Waals surface area contributed by atoms with Crippen molar-refractivity contribution in [1.82, 2.24) is 15.1 Å². The summed E-state index contributed by atoms with van der Waals surface area (Å²) in [6, 6.07) is 5.71. The first-order valence-electron chi connectivity index (χ1n) is 12.9. The van der Waals surface area contributed by atoms with Gasteiger partial charge in [-0.25, -0.2) is 0 Å². The molecule has 0 unspecified atom stereocenters. The van der Waals surface area contributed by atoms with Crippen molar-refractivity contribution in [2.75, 3.05) is 64.5 Å². The molecule has 4 rings (SSSR count). The van der Waals surface area contributed by atoms with Gasteiger partial charge in [-0.1, -0.05) is 28.7 Å². The molecule has 2 amide bonds. The summed E-state index contributed by atoms with van der Waals surface area (Å²) in [5.74, 6) is -0.543. The van der Waals surface area contributed by atoms with Crippen molar-refractivity contribution in [3.05, 3.63) is 29.8 Å². The zero-order valence-corrected chi connectivity index (χ0v) is 24.5. The maximum Gasteiger partial charge on any atom is 0.251 e. The number of fused-ring (bicyclic) bond motifs is 1. The van der Waals surface area contributed by atoms with Crippen LogP contribution >= 0.6 is 27.0 Å². The predicted octanol–water partition coefficient (Wildman–Crippen LogP) is 1.60. The van der Waals surface area contributed by atoms with E-state index < -0.39 is 24.2 Å². The van der Waals surface area contributed by atoms with Crippen molar-refractivity contribution in [1.29, 1.82) is 0 Å². The summed E-state index contributed by atoms with van der Waals surface area (Å²) in [5, 5.41) is 2.92. The van der Waals surface area contributed by atoms with E-state index in [0.29, 0.717) is 12.0 Å². The van der Waals surface area contributed by atoms with Gasteiger partial charge in [-0.3, -0.25) is 19.3 Å². The van der Waals surface area contributed by atoms with Crippen LogP contribution < -0.4 is 16.0 Å². The molecule has 0 saturated carbocycles. The number of carbonyl (C=O) groups excluding carboxylic acids is 3. The molecular formula is C28H51N5O5S2. The van der Waals surface area contributed by atoms with Crippen LogP contribution in [0.4, 0.5) is 5.69 Å².